The first-order valence-electron chi connectivity index (χ1n) is 10.3. The molecular weight excluding hydrogens is 288 g/mol. The Bertz CT molecular complexity index is 468. The molecule has 0 heteroatoms. The van der Waals surface area contributed by atoms with Gasteiger partial charge in [0.25, 0.3) is 0 Å². The Balaban J connectivity index is 0.000000240. The van der Waals surface area contributed by atoms with Gasteiger partial charge in [0.1, 0.15) is 0 Å². The molecule has 0 N–H and O–H groups in total. The van der Waals surface area contributed by atoms with Crippen molar-refractivity contribution in [3.63, 3.8) is 0 Å². The minimum atomic E-state index is 0.469. The molecule has 2 rings (SSSR count). The van der Waals surface area contributed by atoms with E-state index in [2.05, 4.69) is 75.3 Å². The van der Waals surface area contributed by atoms with E-state index in [0.29, 0.717) is 10.8 Å². The van der Waals surface area contributed by atoms with Gasteiger partial charge in [-0.25, -0.2) is 0 Å². The number of rotatable bonds is 2. The monoisotopic (exact) mass is 332 g/mol. The van der Waals surface area contributed by atoms with Crippen LogP contribution >= 0.6 is 0 Å². The molecule has 1 atom stereocenters. The number of allylic oxidation sites excluding steroid dienone is 4. The Morgan fingerprint density at radius 1 is 0.958 bits per heavy atom. The average Bonchev–Trinajstić information content (AvgIpc) is 2.35. The van der Waals surface area contributed by atoms with Gasteiger partial charge in [-0.1, -0.05) is 78.2 Å². The lowest BCUT2D eigenvalue weighted by Crippen LogP contribution is -2.31. The molecule has 0 radical (unpaired) electrons. The third-order valence-corrected chi connectivity index (χ3v) is 6.37. The van der Waals surface area contributed by atoms with E-state index in [9.17, 15) is 0 Å². The molecule has 0 spiro atoms. The highest BCUT2D eigenvalue weighted by Gasteiger charge is 2.34. The maximum absolute atomic E-state index is 2.43. The smallest absolute Gasteiger partial charge is 0.0131 e. The zero-order valence-electron chi connectivity index (χ0n) is 18.3. The summed E-state index contributed by atoms with van der Waals surface area (Å²) in [6.07, 6.45) is 9.15. The Morgan fingerprint density at radius 2 is 1.54 bits per heavy atom. The zero-order chi connectivity index (χ0) is 18.7. The fourth-order valence-electron chi connectivity index (χ4n) is 5.92. The Kier molecular flexibility index (Phi) is 7.39. The molecule has 0 heterocycles. The molecule has 24 heavy (non-hydrogen) atoms. The summed E-state index contributed by atoms with van der Waals surface area (Å²) in [6, 6.07) is 0. The normalized spacial score (nSPS) is 26.2. The summed E-state index contributed by atoms with van der Waals surface area (Å²) in [6.45, 7) is 23.6. The van der Waals surface area contributed by atoms with Crippen LogP contribution in [0.2, 0.25) is 0 Å². The molecule has 0 nitrogen and oxygen atoms in total. The molecule has 0 aromatic carbocycles. The van der Waals surface area contributed by atoms with Crippen LogP contribution in [0.4, 0.5) is 0 Å². The SMILES string of the molecule is CC1=C(C(C)C)C(C)(C)CCC1.CC1=CCCC(C)(C)C1C(C)C. The molecule has 0 aromatic rings. The molecule has 0 aliphatic heterocycles. The van der Waals surface area contributed by atoms with Gasteiger partial charge in [-0.3, -0.25) is 0 Å². The van der Waals surface area contributed by atoms with Gasteiger partial charge in [0.15, 0.2) is 0 Å². The van der Waals surface area contributed by atoms with E-state index in [1.807, 2.05) is 0 Å². The minimum Gasteiger partial charge on any atom is -0.0853 e. The lowest BCUT2D eigenvalue weighted by Gasteiger charge is -2.41. The second kappa shape index (κ2) is 8.24. The van der Waals surface area contributed by atoms with Crippen LogP contribution in [0.3, 0.4) is 0 Å². The van der Waals surface area contributed by atoms with Crippen LogP contribution in [0.25, 0.3) is 0 Å². The van der Waals surface area contributed by atoms with E-state index >= 15 is 0 Å². The minimum absolute atomic E-state index is 0.469. The third kappa shape index (κ3) is 5.24. The van der Waals surface area contributed by atoms with Gasteiger partial charge in [0.2, 0.25) is 0 Å². The molecule has 2 aliphatic carbocycles. The molecular formula is C24H44. The first kappa shape index (κ1) is 21.5. The van der Waals surface area contributed by atoms with Crippen molar-refractivity contribution >= 4 is 0 Å². The predicted molar refractivity (Wildman–Crippen MR) is 110 cm³/mol. The largest absolute Gasteiger partial charge is 0.0853 e. The standard InChI is InChI=1S/2C12H22/c2*1-9(2)11-10(3)7-6-8-12(11,4)5/h9H,6-8H2,1-5H3;7,9,11H,6,8H2,1-5H3. The van der Waals surface area contributed by atoms with Gasteiger partial charge in [-0.05, 0) is 74.5 Å². The highest BCUT2D eigenvalue weighted by Crippen LogP contribution is 2.45. The van der Waals surface area contributed by atoms with Crippen molar-refractivity contribution in [1.82, 2.24) is 0 Å². The topological polar surface area (TPSA) is 0 Å². The van der Waals surface area contributed by atoms with E-state index < -0.39 is 0 Å². The van der Waals surface area contributed by atoms with E-state index in [1.165, 1.54) is 32.1 Å². The molecule has 0 aromatic heterocycles. The van der Waals surface area contributed by atoms with Crippen molar-refractivity contribution in [2.45, 2.75) is 101 Å². The van der Waals surface area contributed by atoms with Gasteiger partial charge in [-0.15, -0.1) is 0 Å². The summed E-state index contributed by atoms with van der Waals surface area (Å²) in [5.74, 6) is 2.32. The number of hydrogen-bond donors (Lipinski definition) is 0. The second-order valence-corrected chi connectivity index (χ2v) is 10.3. The zero-order valence-corrected chi connectivity index (χ0v) is 18.3. The maximum Gasteiger partial charge on any atom is -0.0131 e. The van der Waals surface area contributed by atoms with Gasteiger partial charge in [-0.2, -0.15) is 0 Å². The van der Waals surface area contributed by atoms with Gasteiger partial charge in [0, 0.05) is 0 Å². The van der Waals surface area contributed by atoms with Gasteiger partial charge in [0.05, 0.1) is 0 Å². The fourth-order valence-corrected chi connectivity index (χ4v) is 5.92. The lowest BCUT2D eigenvalue weighted by atomic mass is 9.64. The molecule has 1 unspecified atom stereocenters. The van der Waals surface area contributed by atoms with Crippen molar-refractivity contribution < 1.29 is 0 Å². The first-order chi connectivity index (χ1) is 10.9. The Morgan fingerprint density at radius 3 is 1.88 bits per heavy atom. The van der Waals surface area contributed by atoms with E-state index in [-0.39, 0.29) is 0 Å². The van der Waals surface area contributed by atoms with Crippen molar-refractivity contribution in [1.29, 1.82) is 0 Å². The lowest BCUT2D eigenvalue weighted by molar-refractivity contribution is 0.166. The first-order valence-corrected chi connectivity index (χ1v) is 10.3. The molecule has 0 saturated heterocycles. The summed E-state index contributed by atoms with van der Waals surface area (Å²) >= 11 is 0. The predicted octanol–water partition coefficient (Wildman–Crippen LogP) is 8.19. The molecule has 0 saturated carbocycles. The molecule has 2 aliphatic rings. The van der Waals surface area contributed by atoms with Crippen molar-refractivity contribution in [3.05, 3.63) is 22.8 Å². The summed E-state index contributed by atoms with van der Waals surface area (Å²) in [5.41, 5.74) is 5.97. The second-order valence-electron chi connectivity index (χ2n) is 10.3. The van der Waals surface area contributed by atoms with Crippen LogP contribution in [-0.2, 0) is 0 Å². The van der Waals surface area contributed by atoms with Crippen LogP contribution < -0.4 is 0 Å². The summed E-state index contributed by atoms with van der Waals surface area (Å²) in [7, 11) is 0. The summed E-state index contributed by atoms with van der Waals surface area (Å²) in [4.78, 5) is 0. The quantitative estimate of drug-likeness (QED) is 0.447. The molecule has 0 amide bonds. The van der Waals surface area contributed by atoms with E-state index in [4.69, 9.17) is 0 Å². The fraction of sp³-hybridized carbons (Fsp3) is 0.833. The third-order valence-electron chi connectivity index (χ3n) is 6.37. The van der Waals surface area contributed by atoms with Crippen molar-refractivity contribution in [3.8, 4) is 0 Å². The maximum atomic E-state index is 2.43. The number of hydrogen-bond acceptors (Lipinski definition) is 0. The average molecular weight is 333 g/mol. The van der Waals surface area contributed by atoms with Gasteiger partial charge < -0.3 is 0 Å². The van der Waals surface area contributed by atoms with E-state index in [1.54, 1.807) is 16.7 Å². The Hall–Kier alpha value is -0.520. The van der Waals surface area contributed by atoms with Crippen LogP contribution in [-0.4, -0.2) is 0 Å². The van der Waals surface area contributed by atoms with Crippen LogP contribution in [0, 0.1) is 28.6 Å². The summed E-state index contributed by atoms with van der Waals surface area (Å²) < 4.78 is 0. The molecule has 0 bridgehead atoms. The van der Waals surface area contributed by atoms with Crippen LogP contribution in [0.15, 0.2) is 22.8 Å². The van der Waals surface area contributed by atoms with Crippen LogP contribution in [0.1, 0.15) is 101 Å². The van der Waals surface area contributed by atoms with Crippen LogP contribution in [0.5, 0.6) is 0 Å². The van der Waals surface area contributed by atoms with Crippen molar-refractivity contribution in [2.75, 3.05) is 0 Å². The summed E-state index contributed by atoms with van der Waals surface area (Å²) in [5, 5.41) is 0. The highest BCUT2D eigenvalue weighted by atomic mass is 14.4. The van der Waals surface area contributed by atoms with E-state index in [0.717, 1.165) is 17.8 Å². The van der Waals surface area contributed by atoms with Crippen molar-refractivity contribution in [2.24, 2.45) is 28.6 Å². The molecule has 140 valence electrons. The highest BCUT2D eigenvalue weighted by molar-refractivity contribution is 5.23. The van der Waals surface area contributed by atoms with Gasteiger partial charge >= 0.3 is 0 Å². The molecule has 0 fully saturated rings. The Labute approximate surface area is 153 Å².